The molecule has 1 atom stereocenters. The summed E-state index contributed by atoms with van der Waals surface area (Å²) in [5, 5.41) is 17.0. The van der Waals surface area contributed by atoms with E-state index in [4.69, 9.17) is 19.7 Å². The zero-order chi connectivity index (χ0) is 27.3. The minimum absolute atomic E-state index is 0.000196. The van der Waals surface area contributed by atoms with Crippen LogP contribution in [0.4, 0.5) is 4.79 Å². The van der Waals surface area contributed by atoms with Crippen molar-refractivity contribution >= 4 is 28.1 Å². The molecule has 0 radical (unpaired) electrons. The fourth-order valence-electron chi connectivity index (χ4n) is 5.78. The van der Waals surface area contributed by atoms with Crippen LogP contribution in [0.2, 0.25) is 0 Å². The van der Waals surface area contributed by atoms with Gasteiger partial charge in [-0.3, -0.25) is 0 Å². The van der Waals surface area contributed by atoms with Crippen molar-refractivity contribution in [1.29, 1.82) is 0 Å². The van der Waals surface area contributed by atoms with Gasteiger partial charge in [0.15, 0.2) is 6.23 Å². The molecule has 1 saturated carbocycles. The average molecular weight is 538 g/mol. The third-order valence-corrected chi connectivity index (χ3v) is 7.97. The third kappa shape index (κ3) is 5.61. The molecule has 7 heteroatoms. The minimum atomic E-state index is -1.05. The van der Waals surface area contributed by atoms with Gasteiger partial charge in [0.05, 0.1) is 18.3 Å². The Balaban J connectivity index is 1.40. The predicted molar refractivity (Wildman–Crippen MR) is 156 cm³/mol. The lowest BCUT2D eigenvalue weighted by molar-refractivity contribution is -0.0366. The van der Waals surface area contributed by atoms with E-state index in [0.717, 1.165) is 42.3 Å². The maximum absolute atomic E-state index is 10.7. The first kappa shape index (κ1) is 26.1. The van der Waals surface area contributed by atoms with E-state index in [2.05, 4.69) is 66.0 Å². The van der Waals surface area contributed by atoms with Crippen LogP contribution in [-0.4, -0.2) is 40.7 Å². The van der Waals surface area contributed by atoms with Crippen LogP contribution in [0.1, 0.15) is 61.4 Å². The van der Waals surface area contributed by atoms with Crippen LogP contribution in [0.5, 0.6) is 5.75 Å². The number of carboxylic acid groups (broad SMARTS) is 1. The van der Waals surface area contributed by atoms with Crippen molar-refractivity contribution in [1.82, 2.24) is 15.1 Å². The van der Waals surface area contributed by atoms with Crippen LogP contribution < -0.4 is 10.1 Å². The fourth-order valence-corrected chi connectivity index (χ4v) is 5.78. The van der Waals surface area contributed by atoms with E-state index in [9.17, 15) is 4.79 Å². The largest absolute Gasteiger partial charge is 0.492 e. The smallest absolute Gasteiger partial charge is 0.404 e. The van der Waals surface area contributed by atoms with E-state index in [1.165, 1.54) is 41.5 Å². The van der Waals surface area contributed by atoms with Crippen LogP contribution in [0, 0.1) is 5.92 Å². The number of benzene rings is 3. The number of nitrogens with one attached hydrogen (secondary N) is 1. The fraction of sp³-hybridized carbons (Fsp3) is 0.333. The highest BCUT2D eigenvalue weighted by Gasteiger charge is 2.27. The Kier molecular flexibility index (Phi) is 7.82. The Morgan fingerprint density at radius 1 is 0.950 bits per heavy atom. The van der Waals surface area contributed by atoms with Crippen LogP contribution in [0.15, 0.2) is 79.0 Å². The van der Waals surface area contributed by atoms with Gasteiger partial charge >= 0.3 is 6.09 Å². The molecule has 40 heavy (non-hydrogen) atoms. The molecular weight excluding hydrogens is 502 g/mol. The average Bonchev–Trinajstić information content (AvgIpc) is 3.39. The summed E-state index contributed by atoms with van der Waals surface area (Å²) >= 11 is 0. The number of nitrogens with zero attached hydrogens (tertiary/aromatic N) is 2. The van der Waals surface area contributed by atoms with Crippen molar-refractivity contribution in [3.8, 4) is 5.75 Å². The van der Waals surface area contributed by atoms with Gasteiger partial charge in [0.25, 0.3) is 0 Å². The maximum atomic E-state index is 10.7. The first-order valence-electron chi connectivity index (χ1n) is 14.3. The number of hydrogen-bond acceptors (Lipinski definition) is 4. The normalized spacial score (nSPS) is 18.1. The molecule has 4 aromatic rings. The summed E-state index contributed by atoms with van der Waals surface area (Å²) in [6.07, 6.45) is 7.79. The number of aromatic nitrogens is 2. The van der Waals surface area contributed by atoms with Gasteiger partial charge in [0.2, 0.25) is 0 Å². The Hall–Kier alpha value is -4.10. The number of allylic oxidation sites excluding steroid dienone is 1. The van der Waals surface area contributed by atoms with Gasteiger partial charge in [-0.1, -0.05) is 55.0 Å². The Labute approximate surface area is 234 Å². The lowest BCUT2D eigenvalue weighted by atomic mass is 9.73. The lowest BCUT2D eigenvalue weighted by Gasteiger charge is -2.31. The van der Waals surface area contributed by atoms with Gasteiger partial charge in [-0.2, -0.15) is 5.10 Å². The molecule has 2 heterocycles. The molecule has 1 unspecified atom stereocenters. The standard InChI is InChI=1S/C33H35N3O4/c37-33(38)34-18-20-39-28-15-12-25(13-16-28)32(31(24-9-6-10-24)23-7-2-1-3-8-23)26-14-17-29-27(21-26)22-35-36(29)30-11-4-5-19-40-30/h1-3,7-8,12-17,21-22,24,30,34H,4-6,9-11,18-20H2,(H,37,38). The zero-order valence-corrected chi connectivity index (χ0v) is 22.6. The molecule has 2 N–H and O–H groups in total. The molecule has 2 fully saturated rings. The van der Waals surface area contributed by atoms with E-state index >= 15 is 0 Å². The van der Waals surface area contributed by atoms with Crippen LogP contribution >= 0.6 is 0 Å². The van der Waals surface area contributed by atoms with Crippen molar-refractivity contribution < 1.29 is 19.4 Å². The van der Waals surface area contributed by atoms with Crippen molar-refractivity contribution in [3.05, 3.63) is 95.7 Å². The SMILES string of the molecule is O=C(O)NCCOc1ccc(C(=C(c2ccccc2)C2CCC2)c2ccc3c(cnn3C3CCCCO3)c2)cc1. The van der Waals surface area contributed by atoms with Crippen LogP contribution in [-0.2, 0) is 4.74 Å². The first-order valence-corrected chi connectivity index (χ1v) is 14.3. The molecule has 2 aliphatic rings. The number of rotatable bonds is 9. The van der Waals surface area contributed by atoms with E-state index in [1.807, 2.05) is 23.0 Å². The van der Waals surface area contributed by atoms with Gasteiger partial charge in [-0.25, -0.2) is 9.48 Å². The number of hydrogen-bond donors (Lipinski definition) is 2. The summed E-state index contributed by atoms with van der Waals surface area (Å²) in [5.41, 5.74) is 7.27. The van der Waals surface area contributed by atoms with E-state index in [0.29, 0.717) is 11.7 Å². The second kappa shape index (κ2) is 12.0. The molecule has 0 bridgehead atoms. The molecule has 1 aliphatic heterocycles. The molecule has 1 aromatic heterocycles. The molecule has 3 aromatic carbocycles. The number of carbonyl (C=O) groups is 1. The Morgan fingerprint density at radius 2 is 1.75 bits per heavy atom. The Bertz CT molecular complexity index is 1480. The summed E-state index contributed by atoms with van der Waals surface area (Å²) in [4.78, 5) is 10.7. The molecule has 0 spiro atoms. The Morgan fingerprint density at radius 3 is 2.45 bits per heavy atom. The first-order chi connectivity index (χ1) is 19.7. The topological polar surface area (TPSA) is 85.6 Å². The zero-order valence-electron chi connectivity index (χ0n) is 22.6. The van der Waals surface area contributed by atoms with Crippen molar-refractivity contribution in [2.24, 2.45) is 5.92 Å². The second-order valence-electron chi connectivity index (χ2n) is 10.6. The van der Waals surface area contributed by atoms with Gasteiger partial charge in [-0.05, 0) is 90.1 Å². The monoisotopic (exact) mass is 537 g/mol. The summed E-state index contributed by atoms with van der Waals surface area (Å²) < 4.78 is 13.8. The van der Waals surface area contributed by atoms with Crippen LogP contribution in [0.25, 0.3) is 22.0 Å². The van der Waals surface area contributed by atoms with Crippen molar-refractivity contribution in [2.45, 2.75) is 44.8 Å². The van der Waals surface area contributed by atoms with E-state index in [-0.39, 0.29) is 19.4 Å². The molecule has 6 rings (SSSR count). The number of amides is 1. The van der Waals surface area contributed by atoms with Crippen LogP contribution in [0.3, 0.4) is 0 Å². The summed E-state index contributed by atoms with van der Waals surface area (Å²) in [7, 11) is 0. The van der Waals surface area contributed by atoms with Gasteiger partial charge in [0, 0.05) is 12.0 Å². The maximum Gasteiger partial charge on any atom is 0.404 e. The quantitative estimate of drug-likeness (QED) is 0.175. The number of ether oxygens (including phenoxy) is 2. The van der Waals surface area contributed by atoms with E-state index < -0.39 is 6.09 Å². The van der Waals surface area contributed by atoms with Gasteiger partial charge in [-0.15, -0.1) is 0 Å². The molecule has 1 saturated heterocycles. The molecule has 1 amide bonds. The lowest BCUT2D eigenvalue weighted by Crippen LogP contribution is -2.26. The predicted octanol–water partition coefficient (Wildman–Crippen LogP) is 7.14. The number of fused-ring (bicyclic) bond motifs is 1. The summed E-state index contributed by atoms with van der Waals surface area (Å²) in [6, 6.07) is 25.6. The van der Waals surface area contributed by atoms with Gasteiger partial charge < -0.3 is 19.9 Å². The molecule has 1 aliphatic carbocycles. The highest BCUT2D eigenvalue weighted by Crippen LogP contribution is 2.45. The summed E-state index contributed by atoms with van der Waals surface area (Å²) in [5.74, 6) is 1.22. The van der Waals surface area contributed by atoms with Crippen molar-refractivity contribution in [3.63, 3.8) is 0 Å². The third-order valence-electron chi connectivity index (χ3n) is 7.97. The van der Waals surface area contributed by atoms with Crippen molar-refractivity contribution in [2.75, 3.05) is 19.8 Å². The van der Waals surface area contributed by atoms with E-state index in [1.54, 1.807) is 0 Å². The molecule has 7 nitrogen and oxygen atoms in total. The molecular formula is C33H35N3O4. The van der Waals surface area contributed by atoms with Gasteiger partial charge in [0.1, 0.15) is 12.4 Å². The summed E-state index contributed by atoms with van der Waals surface area (Å²) in [6.45, 7) is 1.30. The highest BCUT2D eigenvalue weighted by atomic mass is 16.5. The molecule has 206 valence electrons. The second-order valence-corrected chi connectivity index (χ2v) is 10.6. The highest BCUT2D eigenvalue weighted by molar-refractivity contribution is 6.01. The minimum Gasteiger partial charge on any atom is -0.492 e.